The summed E-state index contributed by atoms with van der Waals surface area (Å²) in [6.07, 6.45) is 3.92. The second kappa shape index (κ2) is 11.4. The van der Waals surface area contributed by atoms with E-state index >= 15 is 0 Å². The molecule has 0 saturated heterocycles. The Morgan fingerprint density at radius 2 is 1.87 bits per heavy atom. The normalized spacial score (nSPS) is 11.8. The average Bonchev–Trinajstić information content (AvgIpc) is 3.30. The van der Waals surface area contributed by atoms with Gasteiger partial charge in [-0.1, -0.05) is 36.4 Å². The number of amides is 1. The summed E-state index contributed by atoms with van der Waals surface area (Å²) in [7, 11) is 0. The highest BCUT2D eigenvalue weighted by Crippen LogP contribution is 2.25. The summed E-state index contributed by atoms with van der Waals surface area (Å²) in [5.41, 5.74) is 3.14. The number of carboxylic acids is 1. The molecule has 0 saturated carbocycles. The van der Waals surface area contributed by atoms with Crippen LogP contribution in [0.5, 0.6) is 0 Å². The van der Waals surface area contributed by atoms with E-state index in [1.165, 1.54) is 0 Å². The van der Waals surface area contributed by atoms with Gasteiger partial charge in [-0.3, -0.25) is 4.79 Å². The molecule has 0 spiro atoms. The Bertz CT molecular complexity index is 990. The van der Waals surface area contributed by atoms with Crippen molar-refractivity contribution in [1.82, 2.24) is 10.6 Å². The van der Waals surface area contributed by atoms with E-state index in [1.807, 2.05) is 60.9 Å². The van der Waals surface area contributed by atoms with Crippen LogP contribution in [0.4, 0.5) is 0 Å². The van der Waals surface area contributed by atoms with Crippen molar-refractivity contribution in [1.29, 1.82) is 0 Å². The lowest BCUT2D eigenvalue weighted by molar-refractivity contribution is -0.139. The van der Waals surface area contributed by atoms with Gasteiger partial charge in [0.25, 0.3) is 5.91 Å². The molecule has 162 valence electrons. The Hall–Kier alpha value is -3.03. The zero-order valence-corrected chi connectivity index (χ0v) is 18.2. The summed E-state index contributed by atoms with van der Waals surface area (Å²) < 4.78 is 5.33. The van der Waals surface area contributed by atoms with Crippen molar-refractivity contribution in [3.63, 3.8) is 0 Å². The molecular weight excluding hydrogens is 412 g/mol. The number of benzene rings is 2. The molecule has 1 amide bonds. The quantitative estimate of drug-likeness (QED) is 0.416. The molecule has 6 nitrogen and oxygen atoms in total. The van der Waals surface area contributed by atoms with Crippen molar-refractivity contribution in [2.75, 3.05) is 12.0 Å². The van der Waals surface area contributed by atoms with E-state index in [-0.39, 0.29) is 5.91 Å². The molecular formula is C24H26N2O4S. The molecule has 2 aromatic carbocycles. The highest BCUT2D eigenvalue weighted by molar-refractivity contribution is 7.98. The van der Waals surface area contributed by atoms with E-state index < -0.39 is 12.0 Å². The largest absolute Gasteiger partial charge is 0.480 e. The van der Waals surface area contributed by atoms with Gasteiger partial charge in [0.1, 0.15) is 11.8 Å². The summed E-state index contributed by atoms with van der Waals surface area (Å²) in [4.78, 5) is 24.5. The van der Waals surface area contributed by atoms with E-state index in [0.717, 1.165) is 22.5 Å². The van der Waals surface area contributed by atoms with E-state index in [1.54, 1.807) is 24.1 Å². The van der Waals surface area contributed by atoms with Crippen molar-refractivity contribution in [2.24, 2.45) is 0 Å². The van der Waals surface area contributed by atoms with Crippen LogP contribution in [0, 0.1) is 0 Å². The topological polar surface area (TPSA) is 91.6 Å². The second-order valence-electron chi connectivity index (χ2n) is 7.07. The Morgan fingerprint density at radius 1 is 1.06 bits per heavy atom. The number of carboxylic acid groups (broad SMARTS) is 1. The molecule has 3 aromatic rings. The minimum absolute atomic E-state index is 0.373. The maximum Gasteiger partial charge on any atom is 0.326 e. The Kier molecular flexibility index (Phi) is 8.32. The molecule has 3 N–H and O–H groups in total. The summed E-state index contributed by atoms with van der Waals surface area (Å²) in [5, 5.41) is 15.5. The molecule has 0 aliphatic carbocycles. The number of aliphatic carboxylic acids is 1. The maximum atomic E-state index is 13.0. The van der Waals surface area contributed by atoms with Gasteiger partial charge >= 0.3 is 5.97 Å². The summed E-state index contributed by atoms with van der Waals surface area (Å²) >= 11 is 1.55. The zero-order chi connectivity index (χ0) is 22.1. The number of hydrogen-bond acceptors (Lipinski definition) is 5. The lowest BCUT2D eigenvalue weighted by Gasteiger charge is -2.17. The molecule has 0 fully saturated rings. The van der Waals surface area contributed by atoms with Crippen LogP contribution in [-0.4, -0.2) is 35.0 Å². The summed E-state index contributed by atoms with van der Waals surface area (Å²) in [6, 6.07) is 18.1. The van der Waals surface area contributed by atoms with Crippen LogP contribution in [0.15, 0.2) is 71.3 Å². The minimum atomic E-state index is -1.03. The van der Waals surface area contributed by atoms with Gasteiger partial charge in [0.2, 0.25) is 0 Å². The number of carbonyl (C=O) groups excluding carboxylic acids is 1. The summed E-state index contributed by atoms with van der Waals surface area (Å²) in [5.74, 6) is 0.0948. The number of rotatable bonds is 11. The van der Waals surface area contributed by atoms with Gasteiger partial charge in [-0.15, -0.1) is 0 Å². The molecule has 0 radical (unpaired) electrons. The second-order valence-corrected chi connectivity index (χ2v) is 8.06. The third-order valence-corrected chi connectivity index (χ3v) is 5.48. The van der Waals surface area contributed by atoms with Crippen LogP contribution in [-0.2, 0) is 17.9 Å². The van der Waals surface area contributed by atoms with Gasteiger partial charge in [0.15, 0.2) is 0 Å². The van der Waals surface area contributed by atoms with E-state index in [2.05, 4.69) is 10.6 Å². The van der Waals surface area contributed by atoms with E-state index in [9.17, 15) is 14.7 Å². The molecule has 0 bridgehead atoms. The van der Waals surface area contributed by atoms with E-state index in [0.29, 0.717) is 30.8 Å². The molecule has 3 rings (SSSR count). The maximum absolute atomic E-state index is 13.0. The fourth-order valence-electron chi connectivity index (χ4n) is 3.23. The standard InChI is InChI=1S/C24H26N2O4S/c1-31-13-11-22(24(28)29)26-23(27)20-10-9-17(15-25-16-19-8-5-12-30-19)14-21(20)18-6-3-2-4-7-18/h2-10,12,14,22,25H,11,13,15-16H2,1H3,(H,26,27)(H,28,29)/t22-/m0/s1. The summed E-state index contributed by atoms with van der Waals surface area (Å²) in [6.45, 7) is 1.21. The van der Waals surface area contributed by atoms with Gasteiger partial charge in [0, 0.05) is 12.1 Å². The molecule has 0 aliphatic rings. The van der Waals surface area contributed by atoms with Crippen LogP contribution in [0.3, 0.4) is 0 Å². The van der Waals surface area contributed by atoms with Gasteiger partial charge in [-0.05, 0) is 59.4 Å². The first-order valence-electron chi connectivity index (χ1n) is 10.0. The molecule has 1 aromatic heterocycles. The lowest BCUT2D eigenvalue weighted by atomic mass is 9.96. The molecule has 1 heterocycles. The van der Waals surface area contributed by atoms with Gasteiger partial charge < -0.3 is 20.2 Å². The predicted molar refractivity (Wildman–Crippen MR) is 123 cm³/mol. The van der Waals surface area contributed by atoms with Crippen LogP contribution in [0.1, 0.15) is 28.1 Å². The first-order valence-corrected chi connectivity index (χ1v) is 11.4. The Morgan fingerprint density at radius 3 is 2.55 bits per heavy atom. The first kappa shape index (κ1) is 22.7. The van der Waals surface area contributed by atoms with Crippen molar-refractivity contribution < 1.29 is 19.1 Å². The van der Waals surface area contributed by atoms with Crippen LogP contribution in [0.25, 0.3) is 11.1 Å². The number of nitrogens with one attached hydrogen (secondary N) is 2. The lowest BCUT2D eigenvalue weighted by Crippen LogP contribution is -2.41. The third kappa shape index (κ3) is 6.47. The first-order chi connectivity index (χ1) is 15.1. The number of thioether (sulfide) groups is 1. The van der Waals surface area contributed by atoms with E-state index in [4.69, 9.17) is 4.42 Å². The molecule has 1 atom stereocenters. The fraction of sp³-hybridized carbons (Fsp3) is 0.250. The molecule has 7 heteroatoms. The van der Waals surface area contributed by atoms with Crippen molar-refractivity contribution >= 4 is 23.6 Å². The third-order valence-electron chi connectivity index (χ3n) is 4.84. The Balaban J connectivity index is 1.81. The molecule has 0 unspecified atom stereocenters. The Labute approximate surface area is 186 Å². The fourth-order valence-corrected chi connectivity index (χ4v) is 3.70. The van der Waals surface area contributed by atoms with Crippen LogP contribution >= 0.6 is 11.8 Å². The molecule has 31 heavy (non-hydrogen) atoms. The minimum Gasteiger partial charge on any atom is -0.480 e. The van der Waals surface area contributed by atoms with Crippen molar-refractivity contribution in [2.45, 2.75) is 25.6 Å². The number of hydrogen-bond donors (Lipinski definition) is 3. The zero-order valence-electron chi connectivity index (χ0n) is 17.3. The molecule has 0 aliphatic heterocycles. The number of carbonyl (C=O) groups is 2. The smallest absolute Gasteiger partial charge is 0.326 e. The average molecular weight is 439 g/mol. The van der Waals surface area contributed by atoms with Gasteiger partial charge in [-0.2, -0.15) is 11.8 Å². The highest BCUT2D eigenvalue weighted by atomic mass is 32.2. The van der Waals surface area contributed by atoms with Gasteiger partial charge in [0.05, 0.1) is 12.8 Å². The highest BCUT2D eigenvalue weighted by Gasteiger charge is 2.22. The SMILES string of the molecule is CSCC[C@H](NC(=O)c1ccc(CNCc2ccco2)cc1-c1ccccc1)C(=O)O. The van der Waals surface area contributed by atoms with Crippen LogP contribution in [0.2, 0.25) is 0 Å². The van der Waals surface area contributed by atoms with Crippen molar-refractivity contribution in [3.05, 3.63) is 83.8 Å². The predicted octanol–water partition coefficient (Wildman–Crippen LogP) is 4.17. The number of furan rings is 1. The van der Waals surface area contributed by atoms with Crippen molar-refractivity contribution in [3.8, 4) is 11.1 Å². The van der Waals surface area contributed by atoms with Gasteiger partial charge in [-0.25, -0.2) is 4.79 Å². The van der Waals surface area contributed by atoms with Crippen LogP contribution < -0.4 is 10.6 Å². The monoisotopic (exact) mass is 438 g/mol.